The van der Waals surface area contributed by atoms with Crippen LogP contribution in [0.1, 0.15) is 11.1 Å². The highest BCUT2D eigenvalue weighted by Crippen LogP contribution is 2.20. The third-order valence-electron chi connectivity index (χ3n) is 2.79. The van der Waals surface area contributed by atoms with Gasteiger partial charge in [0.1, 0.15) is 0 Å². The molecule has 0 aliphatic carbocycles. The predicted octanol–water partition coefficient (Wildman–Crippen LogP) is 2.82. The summed E-state index contributed by atoms with van der Waals surface area (Å²) >= 11 is 0. The van der Waals surface area contributed by atoms with Crippen molar-refractivity contribution < 1.29 is 4.79 Å². The Morgan fingerprint density at radius 3 is 2.17 bits per heavy atom. The fraction of sp³-hybridized carbons (Fsp3) is 0.133. The monoisotopic (exact) mass is 237 g/mol. The van der Waals surface area contributed by atoms with Gasteiger partial charge in [0, 0.05) is 14.1 Å². The van der Waals surface area contributed by atoms with Gasteiger partial charge in [-0.3, -0.25) is 0 Å². The maximum Gasteiger partial charge on any atom is 0.331 e. The highest BCUT2D eigenvalue weighted by molar-refractivity contribution is 6.12. The molecule has 0 aromatic heterocycles. The van der Waals surface area contributed by atoms with Gasteiger partial charge < -0.3 is 10.4 Å². The van der Waals surface area contributed by atoms with Crippen molar-refractivity contribution in [1.29, 1.82) is 0 Å². The van der Waals surface area contributed by atoms with E-state index in [4.69, 9.17) is 0 Å². The summed E-state index contributed by atoms with van der Waals surface area (Å²) in [4.78, 5) is 5.46. The van der Waals surface area contributed by atoms with Crippen LogP contribution in [0.2, 0.25) is 0 Å². The molecular formula is C15H15N3. The summed E-state index contributed by atoms with van der Waals surface area (Å²) in [7, 11) is 3.94. The van der Waals surface area contributed by atoms with E-state index in [1.165, 1.54) is 0 Å². The van der Waals surface area contributed by atoms with Crippen LogP contribution in [-0.2, 0) is 0 Å². The zero-order valence-electron chi connectivity index (χ0n) is 10.5. The lowest BCUT2D eigenvalue weighted by atomic mass is 10.0. The van der Waals surface area contributed by atoms with Crippen LogP contribution in [0.4, 0.5) is 5.69 Å². The summed E-state index contributed by atoms with van der Waals surface area (Å²) in [6.07, 6.45) is 0. The van der Waals surface area contributed by atoms with Crippen LogP contribution in [0.25, 0.3) is 5.53 Å². The van der Waals surface area contributed by atoms with E-state index in [9.17, 15) is 5.53 Å². The Morgan fingerprint density at radius 2 is 1.56 bits per heavy atom. The quantitative estimate of drug-likeness (QED) is 0.459. The Morgan fingerprint density at radius 1 is 0.944 bits per heavy atom. The van der Waals surface area contributed by atoms with Crippen LogP contribution in [0.5, 0.6) is 0 Å². The number of hydrogen-bond acceptors (Lipinski definition) is 1. The number of rotatable bonds is 3. The second-order valence-corrected chi connectivity index (χ2v) is 4.23. The molecule has 2 aromatic carbocycles. The number of nitrogens with zero attached hydrogens (tertiary/aromatic N) is 3. The smallest absolute Gasteiger partial charge is 0.331 e. The second kappa shape index (κ2) is 5.30. The summed E-state index contributed by atoms with van der Waals surface area (Å²) in [5.41, 5.74) is 12.7. The van der Waals surface area contributed by atoms with Crippen molar-refractivity contribution in [3.63, 3.8) is 0 Å². The molecule has 0 aliphatic heterocycles. The van der Waals surface area contributed by atoms with Gasteiger partial charge in [0.2, 0.25) is 0 Å². The van der Waals surface area contributed by atoms with Crippen LogP contribution in [0, 0.1) is 0 Å². The van der Waals surface area contributed by atoms with E-state index < -0.39 is 0 Å². The summed E-state index contributed by atoms with van der Waals surface area (Å²) in [6, 6.07) is 17.5. The molecule has 0 bridgehead atoms. The Balaban J connectivity index is 2.57. The van der Waals surface area contributed by atoms with Crippen molar-refractivity contribution in [3.8, 4) is 0 Å². The topological polar surface area (TPSA) is 39.6 Å². The van der Waals surface area contributed by atoms with E-state index in [-0.39, 0.29) is 0 Å². The van der Waals surface area contributed by atoms with Crippen molar-refractivity contribution in [2.45, 2.75) is 0 Å². The number of anilines is 1. The third-order valence-corrected chi connectivity index (χ3v) is 2.79. The Labute approximate surface area is 107 Å². The normalized spacial score (nSPS) is 9.67. The number of hydrogen-bond donors (Lipinski definition) is 0. The lowest BCUT2D eigenvalue weighted by Gasteiger charge is -2.15. The summed E-state index contributed by atoms with van der Waals surface area (Å²) in [6.45, 7) is 0. The molecule has 0 heterocycles. The van der Waals surface area contributed by atoms with E-state index in [1.807, 2.05) is 73.6 Å². The SMILES string of the molecule is CN(C)c1ccccc1C(=[N+]=[N-])c1ccccc1. The Kier molecular flexibility index (Phi) is 3.56. The van der Waals surface area contributed by atoms with Crippen LogP contribution < -0.4 is 4.90 Å². The lowest BCUT2D eigenvalue weighted by molar-refractivity contribution is -0.00274. The molecule has 0 unspecified atom stereocenters. The van der Waals surface area contributed by atoms with Crippen LogP contribution in [-0.4, -0.2) is 24.6 Å². The molecule has 0 atom stereocenters. The third kappa shape index (κ3) is 2.31. The minimum Gasteiger partial charge on any atom is -0.377 e. The molecule has 0 spiro atoms. The van der Waals surface area contributed by atoms with Gasteiger partial charge in [-0.1, -0.05) is 30.3 Å². The van der Waals surface area contributed by atoms with E-state index in [2.05, 4.69) is 4.79 Å². The highest BCUT2D eigenvalue weighted by atomic mass is 15.1. The van der Waals surface area contributed by atoms with Gasteiger partial charge in [0.05, 0.1) is 16.8 Å². The predicted molar refractivity (Wildman–Crippen MR) is 74.0 cm³/mol. The maximum absolute atomic E-state index is 9.31. The first-order valence-corrected chi connectivity index (χ1v) is 5.78. The van der Waals surface area contributed by atoms with Gasteiger partial charge in [-0.2, -0.15) is 4.79 Å². The molecule has 90 valence electrons. The largest absolute Gasteiger partial charge is 0.377 e. The van der Waals surface area contributed by atoms with Gasteiger partial charge >= 0.3 is 5.71 Å². The molecule has 0 N–H and O–H groups in total. The maximum atomic E-state index is 9.31. The first-order chi connectivity index (χ1) is 8.74. The standard InChI is InChI=1S/C15H15N3/c1-18(2)14-11-7-6-10-13(14)15(17-16)12-8-4-3-5-9-12/h3-11H,1-2H3. The molecule has 0 saturated carbocycles. The zero-order valence-corrected chi connectivity index (χ0v) is 10.5. The van der Waals surface area contributed by atoms with Crippen molar-refractivity contribution in [3.05, 3.63) is 71.3 Å². The van der Waals surface area contributed by atoms with Crippen LogP contribution in [0.15, 0.2) is 54.6 Å². The van der Waals surface area contributed by atoms with Gasteiger partial charge in [0.25, 0.3) is 0 Å². The molecule has 0 aliphatic rings. The number of para-hydroxylation sites is 1. The first-order valence-electron chi connectivity index (χ1n) is 5.78. The fourth-order valence-electron chi connectivity index (χ4n) is 1.93. The zero-order chi connectivity index (χ0) is 13.0. The lowest BCUT2D eigenvalue weighted by Crippen LogP contribution is -2.15. The van der Waals surface area contributed by atoms with Gasteiger partial charge in [-0.25, -0.2) is 0 Å². The first kappa shape index (κ1) is 12.1. The molecule has 3 nitrogen and oxygen atoms in total. The summed E-state index contributed by atoms with van der Waals surface area (Å²) < 4.78 is 0. The Bertz CT molecular complexity index is 582. The molecule has 0 amide bonds. The van der Waals surface area contributed by atoms with E-state index in [0.29, 0.717) is 5.71 Å². The second-order valence-electron chi connectivity index (χ2n) is 4.23. The average Bonchev–Trinajstić information content (AvgIpc) is 2.41. The van der Waals surface area contributed by atoms with Crippen molar-refractivity contribution >= 4 is 11.4 Å². The highest BCUT2D eigenvalue weighted by Gasteiger charge is 2.19. The molecule has 2 aromatic rings. The van der Waals surface area contributed by atoms with E-state index in [1.54, 1.807) is 0 Å². The van der Waals surface area contributed by atoms with E-state index >= 15 is 0 Å². The van der Waals surface area contributed by atoms with Gasteiger partial charge in [-0.05, 0) is 24.3 Å². The summed E-state index contributed by atoms with van der Waals surface area (Å²) in [5.74, 6) is 0. The van der Waals surface area contributed by atoms with E-state index in [0.717, 1.165) is 16.8 Å². The van der Waals surface area contributed by atoms with Crippen molar-refractivity contribution in [2.24, 2.45) is 0 Å². The minimum absolute atomic E-state index is 0.583. The molecule has 0 saturated heterocycles. The molecule has 2 rings (SSSR count). The molecule has 18 heavy (non-hydrogen) atoms. The van der Waals surface area contributed by atoms with Crippen molar-refractivity contribution in [2.75, 3.05) is 19.0 Å². The average molecular weight is 237 g/mol. The van der Waals surface area contributed by atoms with Crippen LogP contribution >= 0.6 is 0 Å². The van der Waals surface area contributed by atoms with Crippen molar-refractivity contribution in [1.82, 2.24) is 0 Å². The number of benzene rings is 2. The van der Waals surface area contributed by atoms with Gasteiger partial charge in [-0.15, -0.1) is 0 Å². The molecular weight excluding hydrogens is 222 g/mol. The Hall–Kier alpha value is -2.38. The molecule has 3 heteroatoms. The van der Waals surface area contributed by atoms with Crippen LogP contribution in [0.3, 0.4) is 0 Å². The fourth-order valence-corrected chi connectivity index (χ4v) is 1.93. The minimum atomic E-state index is 0.583. The van der Waals surface area contributed by atoms with Gasteiger partial charge in [0.15, 0.2) is 0 Å². The molecule has 0 fully saturated rings. The summed E-state index contributed by atoms with van der Waals surface area (Å²) in [5, 5.41) is 0. The molecule has 0 radical (unpaired) electrons.